The maximum atomic E-state index is 12.8. The number of hydrogen-bond donors (Lipinski definition) is 3. The fourth-order valence-corrected chi connectivity index (χ4v) is 5.09. The van der Waals surface area contributed by atoms with Gasteiger partial charge in [-0.1, -0.05) is 35.2 Å². The lowest BCUT2D eigenvalue weighted by atomic mass is 10.1. The molecule has 0 spiro atoms. The number of carbonyl (C=O) groups is 4. The number of benzene rings is 2. The molecular formula is C23H22N6O5S2. The quantitative estimate of drug-likeness (QED) is 0.283. The Balaban J connectivity index is 1.27. The van der Waals surface area contributed by atoms with Crippen LogP contribution in [0.2, 0.25) is 0 Å². The van der Waals surface area contributed by atoms with Crippen LogP contribution in [0.1, 0.15) is 16.8 Å². The number of nitrogens with two attached hydrogens (primary N) is 1. The summed E-state index contributed by atoms with van der Waals surface area (Å²) in [5.74, 6) is -1.22. The van der Waals surface area contributed by atoms with Crippen molar-refractivity contribution in [3.63, 3.8) is 0 Å². The Morgan fingerprint density at radius 3 is 2.61 bits per heavy atom. The molecule has 36 heavy (non-hydrogen) atoms. The summed E-state index contributed by atoms with van der Waals surface area (Å²) in [6.07, 6.45) is 0.0743. The van der Waals surface area contributed by atoms with Gasteiger partial charge < -0.3 is 26.0 Å². The Morgan fingerprint density at radius 2 is 1.89 bits per heavy atom. The van der Waals surface area contributed by atoms with Gasteiger partial charge in [0.1, 0.15) is 5.75 Å². The van der Waals surface area contributed by atoms with E-state index in [1.165, 1.54) is 31.0 Å². The Bertz CT molecular complexity index is 1300. The van der Waals surface area contributed by atoms with Crippen LogP contribution in [0.4, 0.5) is 16.5 Å². The molecule has 3 aromatic rings. The predicted octanol–water partition coefficient (Wildman–Crippen LogP) is 2.37. The van der Waals surface area contributed by atoms with Gasteiger partial charge in [-0.25, -0.2) is 0 Å². The Kier molecular flexibility index (Phi) is 7.80. The van der Waals surface area contributed by atoms with Crippen molar-refractivity contribution in [2.45, 2.75) is 10.8 Å². The van der Waals surface area contributed by atoms with Crippen molar-refractivity contribution in [3.8, 4) is 5.75 Å². The average molecular weight is 527 g/mol. The van der Waals surface area contributed by atoms with Crippen LogP contribution in [0.25, 0.3) is 0 Å². The van der Waals surface area contributed by atoms with Crippen LogP contribution in [0, 0.1) is 5.92 Å². The molecule has 1 atom stereocenters. The fourth-order valence-electron chi connectivity index (χ4n) is 3.54. The molecule has 1 aromatic heterocycles. The topological polar surface area (TPSA) is 157 Å². The van der Waals surface area contributed by atoms with E-state index in [0.717, 1.165) is 11.3 Å². The number of aromatic nitrogens is 2. The van der Waals surface area contributed by atoms with Crippen molar-refractivity contribution >= 4 is 63.2 Å². The Hall–Kier alpha value is -3.97. The molecule has 1 saturated heterocycles. The Labute approximate surface area is 214 Å². The first-order chi connectivity index (χ1) is 17.3. The van der Waals surface area contributed by atoms with E-state index in [-0.39, 0.29) is 41.6 Å². The maximum Gasteiger partial charge on any atom is 0.248 e. The summed E-state index contributed by atoms with van der Waals surface area (Å²) < 4.78 is 5.83. The number of methoxy groups -OCH3 is 1. The fraction of sp³-hybridized carbons (Fsp3) is 0.217. The number of nitrogens with one attached hydrogen (secondary N) is 2. The number of amides is 4. The standard InChI is InChI=1S/C23H22N6O5S2/c1-34-17-5-3-2-4-16(17)29-11-14(10-19(29)31)21(33)26-22-27-28-23(36-22)35-12-18(30)25-15-8-6-13(7-9-15)20(24)32/h2-9,14H,10-12H2,1H3,(H2,24,32)(H,25,30)(H,26,27,33). The van der Waals surface area contributed by atoms with Gasteiger partial charge in [0.15, 0.2) is 4.34 Å². The molecular weight excluding hydrogens is 504 g/mol. The summed E-state index contributed by atoms with van der Waals surface area (Å²) in [6.45, 7) is 0.228. The molecule has 0 aliphatic carbocycles. The molecule has 186 valence electrons. The minimum absolute atomic E-state index is 0.0743. The summed E-state index contributed by atoms with van der Waals surface area (Å²) in [5.41, 5.74) is 6.70. The number of rotatable bonds is 9. The average Bonchev–Trinajstić information content (AvgIpc) is 3.49. The van der Waals surface area contributed by atoms with Gasteiger partial charge in [0.2, 0.25) is 28.8 Å². The molecule has 11 nitrogen and oxygen atoms in total. The highest BCUT2D eigenvalue weighted by molar-refractivity contribution is 8.01. The van der Waals surface area contributed by atoms with Gasteiger partial charge in [0.05, 0.1) is 24.5 Å². The van der Waals surface area contributed by atoms with E-state index in [0.29, 0.717) is 27.0 Å². The molecule has 13 heteroatoms. The third-order valence-electron chi connectivity index (χ3n) is 5.29. The summed E-state index contributed by atoms with van der Waals surface area (Å²) in [6, 6.07) is 13.4. The van der Waals surface area contributed by atoms with Gasteiger partial charge in [0.25, 0.3) is 0 Å². The largest absolute Gasteiger partial charge is 0.495 e. The van der Waals surface area contributed by atoms with Crippen molar-refractivity contribution in [1.29, 1.82) is 0 Å². The van der Waals surface area contributed by atoms with Gasteiger partial charge in [-0.15, -0.1) is 10.2 Å². The van der Waals surface area contributed by atoms with E-state index in [9.17, 15) is 19.2 Å². The summed E-state index contributed by atoms with van der Waals surface area (Å²) in [7, 11) is 1.53. The molecule has 4 amide bonds. The van der Waals surface area contributed by atoms with E-state index in [2.05, 4.69) is 20.8 Å². The van der Waals surface area contributed by atoms with Crippen LogP contribution in [-0.2, 0) is 14.4 Å². The SMILES string of the molecule is COc1ccccc1N1CC(C(=O)Nc2nnc(SCC(=O)Nc3ccc(C(N)=O)cc3)s2)CC1=O. The summed E-state index contributed by atoms with van der Waals surface area (Å²) in [4.78, 5) is 50.2. The van der Waals surface area contributed by atoms with Gasteiger partial charge in [0, 0.05) is 24.2 Å². The van der Waals surface area contributed by atoms with Crippen LogP contribution >= 0.6 is 23.1 Å². The third kappa shape index (κ3) is 5.98. The predicted molar refractivity (Wildman–Crippen MR) is 136 cm³/mol. The zero-order valence-corrected chi connectivity index (χ0v) is 20.7. The molecule has 0 saturated carbocycles. The molecule has 0 radical (unpaired) electrons. The minimum atomic E-state index is -0.547. The molecule has 1 unspecified atom stereocenters. The number of nitrogens with zero attached hydrogens (tertiary/aromatic N) is 3. The molecule has 0 bridgehead atoms. The van der Waals surface area contributed by atoms with Crippen LogP contribution in [0.3, 0.4) is 0 Å². The Morgan fingerprint density at radius 1 is 1.14 bits per heavy atom. The molecule has 2 heterocycles. The van der Waals surface area contributed by atoms with E-state index in [1.807, 2.05) is 6.07 Å². The van der Waals surface area contributed by atoms with E-state index in [1.54, 1.807) is 35.2 Å². The smallest absolute Gasteiger partial charge is 0.248 e. The van der Waals surface area contributed by atoms with Gasteiger partial charge >= 0.3 is 0 Å². The van der Waals surface area contributed by atoms with Crippen LogP contribution in [0.15, 0.2) is 52.9 Å². The number of ether oxygens (including phenoxy) is 1. The number of carbonyl (C=O) groups excluding carboxylic acids is 4. The maximum absolute atomic E-state index is 12.8. The first kappa shape index (κ1) is 25.1. The van der Waals surface area contributed by atoms with Crippen molar-refractivity contribution in [2.75, 3.05) is 34.9 Å². The second kappa shape index (κ2) is 11.2. The normalized spacial score (nSPS) is 15.0. The summed E-state index contributed by atoms with van der Waals surface area (Å²) >= 11 is 2.31. The molecule has 2 aromatic carbocycles. The van der Waals surface area contributed by atoms with Crippen molar-refractivity contribution < 1.29 is 23.9 Å². The third-order valence-corrected chi connectivity index (χ3v) is 7.26. The lowest BCUT2D eigenvalue weighted by Crippen LogP contribution is -2.28. The first-order valence-corrected chi connectivity index (χ1v) is 12.5. The highest BCUT2D eigenvalue weighted by atomic mass is 32.2. The van der Waals surface area contributed by atoms with Crippen molar-refractivity contribution in [2.24, 2.45) is 11.7 Å². The molecule has 1 fully saturated rings. The number of primary amides is 1. The van der Waals surface area contributed by atoms with Crippen LogP contribution < -0.4 is 26.0 Å². The molecule has 1 aliphatic heterocycles. The molecule has 4 rings (SSSR count). The van der Waals surface area contributed by atoms with E-state index < -0.39 is 11.8 Å². The highest BCUT2D eigenvalue weighted by Crippen LogP contribution is 2.33. The number of para-hydroxylation sites is 2. The second-order valence-corrected chi connectivity index (χ2v) is 9.92. The van der Waals surface area contributed by atoms with Crippen LogP contribution in [-0.4, -0.2) is 53.2 Å². The van der Waals surface area contributed by atoms with Gasteiger partial charge in [-0.05, 0) is 36.4 Å². The first-order valence-electron chi connectivity index (χ1n) is 10.7. The lowest BCUT2D eigenvalue weighted by molar-refractivity contribution is -0.122. The van der Waals surface area contributed by atoms with Gasteiger partial charge in [-0.2, -0.15) is 0 Å². The van der Waals surface area contributed by atoms with E-state index >= 15 is 0 Å². The lowest BCUT2D eigenvalue weighted by Gasteiger charge is -2.19. The highest BCUT2D eigenvalue weighted by Gasteiger charge is 2.36. The van der Waals surface area contributed by atoms with Crippen LogP contribution in [0.5, 0.6) is 5.75 Å². The zero-order valence-electron chi connectivity index (χ0n) is 19.1. The summed E-state index contributed by atoms with van der Waals surface area (Å²) in [5, 5.41) is 13.7. The minimum Gasteiger partial charge on any atom is -0.495 e. The number of hydrogen-bond acceptors (Lipinski definition) is 9. The van der Waals surface area contributed by atoms with Crippen molar-refractivity contribution in [1.82, 2.24) is 10.2 Å². The molecule has 4 N–H and O–H groups in total. The zero-order chi connectivity index (χ0) is 25.7. The monoisotopic (exact) mass is 526 g/mol. The molecule has 1 aliphatic rings. The van der Waals surface area contributed by atoms with E-state index in [4.69, 9.17) is 10.5 Å². The van der Waals surface area contributed by atoms with Crippen molar-refractivity contribution in [3.05, 3.63) is 54.1 Å². The van der Waals surface area contributed by atoms with Gasteiger partial charge in [-0.3, -0.25) is 19.2 Å². The number of anilines is 3. The second-order valence-electron chi connectivity index (χ2n) is 7.72. The number of thioether (sulfide) groups is 1.